The van der Waals surface area contributed by atoms with Gasteiger partial charge in [-0.2, -0.15) is 0 Å². The van der Waals surface area contributed by atoms with Gasteiger partial charge in [-0.3, -0.25) is 4.90 Å². The summed E-state index contributed by atoms with van der Waals surface area (Å²) in [5.41, 5.74) is 14.3. The molecule has 1 atom stereocenters. The highest BCUT2D eigenvalue weighted by molar-refractivity contribution is 7.23. The molecule has 0 radical (unpaired) electrons. The highest BCUT2D eigenvalue weighted by Gasteiger charge is 2.55. The van der Waals surface area contributed by atoms with Crippen molar-refractivity contribution in [2.24, 2.45) is 0 Å². The molecule has 0 bridgehead atoms. The van der Waals surface area contributed by atoms with E-state index in [9.17, 15) is 2.74 Å². The molecule has 1 aromatic heterocycles. The maximum Gasteiger partial charge on any atom is 0.185 e. The molecule has 408 valence electrons. The van der Waals surface area contributed by atoms with Gasteiger partial charge in [0.15, 0.2) is 8.07 Å². The van der Waals surface area contributed by atoms with E-state index < -0.39 is 14.1 Å². The molecule has 3 aliphatic rings. The Hall–Kier alpha value is -8.45. The number of pyridine rings is 1. The molecule has 5 nitrogen and oxygen atoms in total. The zero-order chi connectivity index (χ0) is 61.4. The lowest BCUT2D eigenvalue weighted by Gasteiger charge is -2.43. The molecule has 0 N–H and O–H groups in total. The third kappa shape index (κ3) is 8.85. The number of aromatic nitrogens is 1. The average molecular weight is 1090 g/mol. The predicted molar refractivity (Wildman–Crippen MR) is 349 cm³/mol. The molecule has 0 saturated carbocycles. The van der Waals surface area contributed by atoms with Crippen molar-refractivity contribution < 1.29 is 11.6 Å². The van der Waals surface area contributed by atoms with Crippen molar-refractivity contribution in [2.45, 2.75) is 105 Å². The topological polar surface area (TPSA) is 31.8 Å². The van der Waals surface area contributed by atoms with Crippen molar-refractivity contribution in [3.05, 3.63) is 241 Å². The molecular formula is C76H74N4OSi. The van der Waals surface area contributed by atoms with Crippen molar-refractivity contribution in [1.29, 1.82) is 0 Å². The number of para-hydroxylation sites is 3. The number of anilines is 7. The fourth-order valence-corrected chi connectivity index (χ4v) is 18.2. The molecule has 13 rings (SSSR count). The first-order valence-corrected chi connectivity index (χ1v) is 30.8. The highest BCUT2D eigenvalue weighted by Crippen LogP contribution is 2.53. The van der Waals surface area contributed by atoms with Crippen LogP contribution in [0.5, 0.6) is 11.5 Å². The predicted octanol–water partition coefficient (Wildman–Crippen LogP) is 17.8. The van der Waals surface area contributed by atoms with E-state index >= 15 is 0 Å². The van der Waals surface area contributed by atoms with E-state index in [0.717, 1.165) is 62.2 Å². The maximum absolute atomic E-state index is 9.57. The van der Waals surface area contributed by atoms with E-state index in [0.29, 0.717) is 23.7 Å². The molecule has 6 heteroatoms. The summed E-state index contributed by atoms with van der Waals surface area (Å²) in [6.45, 7) is 27.0. The first-order chi connectivity index (χ1) is 41.2. The van der Waals surface area contributed by atoms with Crippen LogP contribution in [0.4, 0.5) is 39.9 Å². The molecule has 0 fully saturated rings. The van der Waals surface area contributed by atoms with Gasteiger partial charge in [0.1, 0.15) is 24.0 Å². The van der Waals surface area contributed by atoms with E-state index in [1.807, 2.05) is 24.4 Å². The number of rotatable bonds is 8. The van der Waals surface area contributed by atoms with Gasteiger partial charge in [-0.1, -0.05) is 222 Å². The zero-order valence-electron chi connectivity index (χ0n) is 54.3. The first kappa shape index (κ1) is 47.2. The standard InChI is InChI=1S/C76H74N4OSi/c1-73(2,3)52-38-39-77-70(45-52)80-66-35-22-24-37-69(66)82(59-30-17-14-18-31-59)68-36-23-19-32-60(68)63-47-58(48-67(80)72(63)82)81-57-29-25-28-56(46-57)78-49-79(65-34-21-20-33-64(65)78)71-61(50-26-15-13-16-27-50)43-55(76(10,11)12)44-62(71)51-40-53(74(4,5)6)42-54(41-51)75(7,8)9/h13-48H,49H2,1-12H3/i13D,15D,16D,26D,27D. The van der Waals surface area contributed by atoms with Crippen LogP contribution in [-0.4, -0.2) is 19.7 Å². The van der Waals surface area contributed by atoms with E-state index in [2.05, 4.69) is 262 Å². The quantitative estimate of drug-likeness (QED) is 0.142. The molecular weight excluding hydrogens is 1010 g/mol. The van der Waals surface area contributed by atoms with E-state index in [1.165, 1.54) is 43.0 Å². The van der Waals surface area contributed by atoms with Crippen molar-refractivity contribution in [3.8, 4) is 44.9 Å². The third-order valence-corrected chi connectivity index (χ3v) is 22.0. The Bertz CT molecular complexity index is 4380. The smallest absolute Gasteiger partial charge is 0.185 e. The normalized spacial score (nSPS) is 16.3. The third-order valence-electron chi connectivity index (χ3n) is 17.0. The van der Waals surface area contributed by atoms with Gasteiger partial charge in [0.25, 0.3) is 0 Å². The number of ether oxygens (including phenoxy) is 1. The summed E-state index contributed by atoms with van der Waals surface area (Å²) in [5, 5.41) is 5.33. The van der Waals surface area contributed by atoms with Crippen LogP contribution in [0.25, 0.3) is 33.4 Å². The van der Waals surface area contributed by atoms with Crippen LogP contribution in [-0.2, 0) is 21.7 Å². The maximum atomic E-state index is 9.57. The second kappa shape index (κ2) is 19.3. The minimum absolute atomic E-state index is 0.114. The van der Waals surface area contributed by atoms with Gasteiger partial charge < -0.3 is 14.5 Å². The summed E-state index contributed by atoms with van der Waals surface area (Å²) in [7, 11) is -2.92. The van der Waals surface area contributed by atoms with Crippen LogP contribution in [0.2, 0.25) is 0 Å². The molecule has 0 saturated heterocycles. The number of hydrogen-bond donors (Lipinski definition) is 0. The van der Waals surface area contributed by atoms with Gasteiger partial charge in [0.2, 0.25) is 0 Å². The number of fused-ring (bicyclic) bond motifs is 6. The fraction of sp³-hybridized carbons (Fsp3) is 0.224. The van der Waals surface area contributed by atoms with E-state index in [1.54, 1.807) is 0 Å². The van der Waals surface area contributed by atoms with Crippen molar-refractivity contribution in [1.82, 2.24) is 4.98 Å². The Morgan fingerprint density at radius 3 is 1.70 bits per heavy atom. The van der Waals surface area contributed by atoms with Crippen molar-refractivity contribution in [3.63, 3.8) is 0 Å². The van der Waals surface area contributed by atoms with Gasteiger partial charge in [0.05, 0.1) is 29.6 Å². The minimum atomic E-state index is -2.92. The lowest BCUT2D eigenvalue weighted by atomic mass is 9.77. The van der Waals surface area contributed by atoms with Crippen molar-refractivity contribution >= 4 is 68.8 Å². The monoisotopic (exact) mass is 1090 g/mol. The van der Waals surface area contributed by atoms with Crippen LogP contribution < -0.4 is 40.2 Å². The lowest BCUT2D eigenvalue weighted by Crippen LogP contribution is -2.75. The Balaban J connectivity index is 0.989. The molecule has 4 heterocycles. The molecule has 1 unspecified atom stereocenters. The molecule has 3 aliphatic heterocycles. The largest absolute Gasteiger partial charge is 0.457 e. The molecule has 82 heavy (non-hydrogen) atoms. The van der Waals surface area contributed by atoms with Gasteiger partial charge in [0, 0.05) is 40.8 Å². The van der Waals surface area contributed by atoms with Crippen LogP contribution >= 0.6 is 0 Å². The molecule has 10 aromatic rings. The minimum Gasteiger partial charge on any atom is -0.457 e. The van der Waals surface area contributed by atoms with Gasteiger partial charge >= 0.3 is 0 Å². The summed E-state index contributed by atoms with van der Waals surface area (Å²) in [5.74, 6) is 2.21. The lowest BCUT2D eigenvalue weighted by molar-refractivity contribution is 0.483. The summed E-state index contributed by atoms with van der Waals surface area (Å²) >= 11 is 0. The SMILES string of the molecule is [2H]c1c([2H])c([2H])c(-c2cc(C(C)(C)C)cc(-c3cc(C(C)(C)C)cc(C(C)(C)C)c3)c2N2CN(c3cccc(Oc4cc5c6c(c4)N(c4cc(C(C)(C)C)ccn4)c4ccccc4[Si]6(c4ccccc4)c4ccccc4-5)c3)c3ccccc32)c([2H])c1[2H]. The second-order valence-corrected chi connectivity index (χ2v) is 30.2. The highest BCUT2D eigenvalue weighted by atomic mass is 28.3. The van der Waals surface area contributed by atoms with Crippen LogP contribution in [0, 0.1) is 0 Å². The van der Waals surface area contributed by atoms with E-state index in [4.69, 9.17) is 13.8 Å². The van der Waals surface area contributed by atoms with E-state index in [-0.39, 0.29) is 51.4 Å². The van der Waals surface area contributed by atoms with Crippen molar-refractivity contribution in [2.75, 3.05) is 21.4 Å². The molecule has 9 aromatic carbocycles. The summed E-state index contributed by atoms with van der Waals surface area (Å²) in [6.07, 6.45) is 1.94. The van der Waals surface area contributed by atoms with Crippen LogP contribution in [0.1, 0.15) is 112 Å². The zero-order valence-corrected chi connectivity index (χ0v) is 50.3. The van der Waals surface area contributed by atoms with Gasteiger partial charge in [-0.15, -0.1) is 0 Å². The molecule has 0 amide bonds. The Morgan fingerprint density at radius 1 is 0.439 bits per heavy atom. The number of hydrogen-bond acceptors (Lipinski definition) is 5. The summed E-state index contributed by atoms with van der Waals surface area (Å²) < 4.78 is 53.2. The van der Waals surface area contributed by atoms with Gasteiger partial charge in [-0.05, 0) is 148 Å². The Kier molecular flexibility index (Phi) is 11.1. The van der Waals surface area contributed by atoms with Crippen LogP contribution in [0.15, 0.2) is 218 Å². The Morgan fingerprint density at radius 2 is 1.02 bits per heavy atom. The number of benzene rings is 9. The van der Waals surface area contributed by atoms with Crippen LogP contribution in [0.3, 0.4) is 0 Å². The first-order valence-electron chi connectivity index (χ1n) is 31.3. The number of nitrogens with zero attached hydrogens (tertiary/aromatic N) is 4. The Labute approximate surface area is 494 Å². The second-order valence-electron chi connectivity index (χ2n) is 26.6. The summed E-state index contributed by atoms with van der Waals surface area (Å²) in [6, 6.07) is 64.2. The fourth-order valence-electron chi connectivity index (χ4n) is 12.7. The molecule has 0 spiro atoms. The molecule has 0 aliphatic carbocycles. The summed E-state index contributed by atoms with van der Waals surface area (Å²) in [4.78, 5) is 12.1. The average Bonchev–Trinajstić information content (AvgIpc) is 1.57. The van der Waals surface area contributed by atoms with Gasteiger partial charge in [-0.25, -0.2) is 4.98 Å².